The molecular weight excluding hydrogens is 308 g/mol. The van der Waals surface area contributed by atoms with Crippen LogP contribution in [0.25, 0.3) is 16.9 Å². The van der Waals surface area contributed by atoms with Crippen molar-refractivity contribution in [1.82, 2.24) is 9.38 Å². The Hall–Kier alpha value is -2.14. The van der Waals surface area contributed by atoms with E-state index in [4.69, 9.17) is 0 Å². The average Bonchev–Trinajstić information content (AvgIpc) is 2.81. The van der Waals surface area contributed by atoms with Gasteiger partial charge in [-0.3, -0.25) is 4.40 Å². The van der Waals surface area contributed by atoms with Gasteiger partial charge >= 0.3 is 5.97 Å². The van der Waals surface area contributed by atoms with Crippen LogP contribution in [0.5, 0.6) is 0 Å². The maximum absolute atomic E-state index is 11.5. The molecule has 19 heavy (non-hydrogen) atoms. The van der Waals surface area contributed by atoms with Crippen molar-refractivity contribution in [3.63, 3.8) is 0 Å². The molecule has 0 bridgehead atoms. The smallest absolute Gasteiger partial charge is 0.355 e. The Kier molecular flexibility index (Phi) is 2.83. The van der Waals surface area contributed by atoms with Gasteiger partial charge in [0.15, 0.2) is 11.3 Å². The number of rotatable bonds is 2. The predicted molar refractivity (Wildman–Crippen MR) is 75.3 cm³/mol. The van der Waals surface area contributed by atoms with Gasteiger partial charge in [0.1, 0.15) is 5.69 Å². The van der Waals surface area contributed by atoms with Gasteiger partial charge in [-0.05, 0) is 28.1 Å². The van der Waals surface area contributed by atoms with Gasteiger partial charge in [-0.2, -0.15) is 0 Å². The zero-order valence-corrected chi connectivity index (χ0v) is 11.3. The molecule has 1 aromatic carbocycles. The van der Waals surface area contributed by atoms with Crippen LogP contribution in [0, 0.1) is 0 Å². The molecule has 0 atom stereocenters. The number of imidazole rings is 1. The minimum Gasteiger partial charge on any atom is -0.476 e. The summed E-state index contributed by atoms with van der Waals surface area (Å²) < 4.78 is 2.34. The first-order valence-electron chi connectivity index (χ1n) is 5.64. The molecule has 0 aliphatic rings. The summed E-state index contributed by atoms with van der Waals surface area (Å²) in [5, 5.41) is 9.43. The Bertz CT molecular complexity index is 766. The Balaban J connectivity index is 2.39. The number of benzene rings is 1. The lowest BCUT2D eigenvalue weighted by Gasteiger charge is -2.00. The standard InChI is InChI=1S/C14H9BrN2O2/c15-10-7-4-8-17-12(14(18)19)11(16-13(10)17)9-5-2-1-3-6-9/h1-8H,(H,18,19). The average molecular weight is 317 g/mol. The maximum Gasteiger partial charge on any atom is 0.355 e. The first-order valence-corrected chi connectivity index (χ1v) is 6.43. The van der Waals surface area contributed by atoms with Crippen molar-refractivity contribution in [3.8, 4) is 11.3 Å². The van der Waals surface area contributed by atoms with Crippen molar-refractivity contribution < 1.29 is 9.90 Å². The summed E-state index contributed by atoms with van der Waals surface area (Å²) in [6.45, 7) is 0. The van der Waals surface area contributed by atoms with Crippen LogP contribution >= 0.6 is 15.9 Å². The molecule has 1 N–H and O–H groups in total. The van der Waals surface area contributed by atoms with Gasteiger partial charge in [0.05, 0.1) is 4.47 Å². The van der Waals surface area contributed by atoms with E-state index in [1.165, 1.54) is 0 Å². The molecule has 0 fully saturated rings. The summed E-state index contributed by atoms with van der Waals surface area (Å²) in [5.41, 5.74) is 2.02. The highest BCUT2D eigenvalue weighted by atomic mass is 79.9. The largest absolute Gasteiger partial charge is 0.476 e. The number of carboxylic acid groups (broad SMARTS) is 1. The first-order chi connectivity index (χ1) is 9.18. The van der Waals surface area contributed by atoms with Gasteiger partial charge in [-0.1, -0.05) is 30.3 Å². The number of halogens is 1. The molecule has 94 valence electrons. The molecule has 3 aromatic rings. The molecule has 4 nitrogen and oxygen atoms in total. The minimum absolute atomic E-state index is 0.169. The van der Waals surface area contributed by atoms with Gasteiger partial charge < -0.3 is 5.11 Å². The lowest BCUT2D eigenvalue weighted by molar-refractivity contribution is 0.0690. The van der Waals surface area contributed by atoms with Crippen molar-refractivity contribution >= 4 is 27.5 Å². The van der Waals surface area contributed by atoms with Crippen molar-refractivity contribution in [1.29, 1.82) is 0 Å². The third-order valence-electron chi connectivity index (χ3n) is 2.85. The van der Waals surface area contributed by atoms with E-state index in [0.717, 1.165) is 10.0 Å². The van der Waals surface area contributed by atoms with E-state index in [-0.39, 0.29) is 5.69 Å². The summed E-state index contributed by atoms with van der Waals surface area (Å²) in [6, 6.07) is 12.9. The monoisotopic (exact) mass is 316 g/mol. The van der Waals surface area contributed by atoms with Crippen LogP contribution in [0.1, 0.15) is 10.5 Å². The second kappa shape index (κ2) is 4.51. The summed E-state index contributed by atoms with van der Waals surface area (Å²) in [4.78, 5) is 15.9. The Morgan fingerprint density at radius 1 is 1.16 bits per heavy atom. The molecule has 0 spiro atoms. The lowest BCUT2D eigenvalue weighted by Crippen LogP contribution is -2.03. The number of nitrogens with zero attached hydrogens (tertiary/aromatic N) is 2. The van der Waals surface area contributed by atoms with Gasteiger partial charge in [0.25, 0.3) is 0 Å². The Labute approximate surface area is 117 Å². The molecule has 0 aliphatic carbocycles. The van der Waals surface area contributed by atoms with Gasteiger partial charge in [0, 0.05) is 11.8 Å². The Morgan fingerprint density at radius 2 is 1.89 bits per heavy atom. The number of fused-ring (bicyclic) bond motifs is 1. The fourth-order valence-corrected chi connectivity index (χ4v) is 2.47. The highest BCUT2D eigenvalue weighted by Gasteiger charge is 2.20. The highest BCUT2D eigenvalue weighted by molar-refractivity contribution is 9.10. The van der Waals surface area contributed by atoms with Crippen LogP contribution in [0.3, 0.4) is 0 Å². The third-order valence-corrected chi connectivity index (χ3v) is 3.47. The quantitative estimate of drug-likeness (QED) is 0.787. The number of pyridine rings is 1. The number of carboxylic acids is 1. The number of carbonyl (C=O) groups is 1. The summed E-state index contributed by atoms with van der Waals surface area (Å²) in [7, 11) is 0. The second-order valence-corrected chi connectivity index (χ2v) is 4.88. The van der Waals surface area contributed by atoms with Gasteiger partial charge in [0.2, 0.25) is 0 Å². The molecule has 0 saturated heterocycles. The fraction of sp³-hybridized carbons (Fsp3) is 0. The summed E-state index contributed by atoms with van der Waals surface area (Å²) in [5.74, 6) is -0.996. The van der Waals surface area contributed by atoms with E-state index in [1.54, 1.807) is 16.7 Å². The van der Waals surface area contributed by atoms with Crippen LogP contribution < -0.4 is 0 Å². The van der Waals surface area contributed by atoms with Crippen LogP contribution in [-0.2, 0) is 0 Å². The normalized spacial score (nSPS) is 10.8. The van der Waals surface area contributed by atoms with Crippen molar-refractivity contribution in [2.75, 3.05) is 0 Å². The van der Waals surface area contributed by atoms with E-state index in [2.05, 4.69) is 20.9 Å². The van der Waals surface area contributed by atoms with E-state index < -0.39 is 5.97 Å². The summed E-state index contributed by atoms with van der Waals surface area (Å²) in [6.07, 6.45) is 1.70. The third kappa shape index (κ3) is 1.92. The molecule has 2 heterocycles. The number of hydrogen-bond acceptors (Lipinski definition) is 2. The lowest BCUT2D eigenvalue weighted by atomic mass is 10.1. The highest BCUT2D eigenvalue weighted by Crippen LogP contribution is 2.27. The molecule has 0 aliphatic heterocycles. The zero-order valence-electron chi connectivity index (χ0n) is 9.75. The summed E-state index contributed by atoms with van der Waals surface area (Å²) >= 11 is 3.39. The molecule has 0 saturated carbocycles. The Morgan fingerprint density at radius 3 is 2.58 bits per heavy atom. The van der Waals surface area contributed by atoms with Crippen LogP contribution in [0.2, 0.25) is 0 Å². The minimum atomic E-state index is -0.996. The van der Waals surface area contributed by atoms with Gasteiger partial charge in [-0.25, -0.2) is 9.78 Å². The topological polar surface area (TPSA) is 54.6 Å². The van der Waals surface area contributed by atoms with E-state index in [9.17, 15) is 9.90 Å². The zero-order chi connectivity index (χ0) is 13.4. The van der Waals surface area contributed by atoms with Crippen LogP contribution in [0.4, 0.5) is 0 Å². The van der Waals surface area contributed by atoms with Gasteiger partial charge in [-0.15, -0.1) is 0 Å². The van der Waals surface area contributed by atoms with E-state index in [1.807, 2.05) is 36.4 Å². The van der Waals surface area contributed by atoms with Crippen molar-refractivity contribution in [3.05, 3.63) is 58.8 Å². The van der Waals surface area contributed by atoms with Crippen LogP contribution in [-0.4, -0.2) is 20.5 Å². The molecule has 0 amide bonds. The number of hydrogen-bond donors (Lipinski definition) is 1. The molecule has 2 aromatic heterocycles. The maximum atomic E-state index is 11.5. The fourth-order valence-electron chi connectivity index (χ4n) is 2.04. The van der Waals surface area contributed by atoms with Crippen molar-refractivity contribution in [2.45, 2.75) is 0 Å². The molecule has 0 radical (unpaired) electrons. The predicted octanol–water partition coefficient (Wildman–Crippen LogP) is 3.46. The van der Waals surface area contributed by atoms with E-state index >= 15 is 0 Å². The molecule has 0 unspecified atom stereocenters. The SMILES string of the molecule is O=C(O)c1c(-c2ccccc2)nc2c(Br)cccn12. The second-order valence-electron chi connectivity index (χ2n) is 4.03. The van der Waals surface area contributed by atoms with Crippen molar-refractivity contribution in [2.24, 2.45) is 0 Å². The number of aromatic carboxylic acids is 1. The van der Waals surface area contributed by atoms with Crippen LogP contribution in [0.15, 0.2) is 53.1 Å². The molecule has 3 rings (SSSR count). The first kappa shape index (κ1) is 11.9. The molecular formula is C14H9BrN2O2. The van der Waals surface area contributed by atoms with E-state index in [0.29, 0.717) is 11.3 Å². The molecule has 5 heteroatoms. The number of aromatic nitrogens is 2.